The summed E-state index contributed by atoms with van der Waals surface area (Å²) in [5.41, 5.74) is 1.10. The van der Waals surface area contributed by atoms with Crippen molar-refractivity contribution in [1.82, 2.24) is 10.6 Å². The second-order valence-electron chi connectivity index (χ2n) is 6.19. The van der Waals surface area contributed by atoms with Crippen LogP contribution < -0.4 is 20.1 Å². The highest BCUT2D eigenvalue weighted by Gasteiger charge is 2.29. The van der Waals surface area contributed by atoms with Crippen molar-refractivity contribution in [3.63, 3.8) is 0 Å². The first-order valence-corrected chi connectivity index (χ1v) is 8.39. The van der Waals surface area contributed by atoms with Crippen LogP contribution in [0.15, 0.2) is 23.2 Å². The molecule has 25 heavy (non-hydrogen) atoms. The molecule has 142 valence electrons. The molecule has 2 N–H and O–H groups in total. The van der Waals surface area contributed by atoms with Crippen LogP contribution in [-0.2, 0) is 11.2 Å². The summed E-state index contributed by atoms with van der Waals surface area (Å²) in [6, 6.07) is 5.98. The van der Waals surface area contributed by atoms with Crippen molar-refractivity contribution in [3.8, 4) is 11.5 Å². The maximum atomic E-state index is 5.79. The first-order chi connectivity index (χ1) is 11.6. The summed E-state index contributed by atoms with van der Waals surface area (Å²) >= 11 is 0. The number of hydrogen-bond acceptors (Lipinski definition) is 4. The van der Waals surface area contributed by atoms with Crippen LogP contribution in [0.1, 0.15) is 25.3 Å². The molecule has 0 bridgehead atoms. The maximum absolute atomic E-state index is 5.79. The van der Waals surface area contributed by atoms with Gasteiger partial charge in [-0.25, -0.2) is 0 Å². The van der Waals surface area contributed by atoms with Crippen LogP contribution in [-0.4, -0.2) is 52.5 Å². The lowest BCUT2D eigenvalue weighted by Gasteiger charge is -2.24. The lowest BCUT2D eigenvalue weighted by atomic mass is 10.0. The highest BCUT2D eigenvalue weighted by molar-refractivity contribution is 14.0. The summed E-state index contributed by atoms with van der Waals surface area (Å²) in [6.07, 6.45) is 3.08. The molecule has 1 fully saturated rings. The number of ether oxygens (including phenoxy) is 3. The minimum atomic E-state index is -0.0824. The smallest absolute Gasteiger partial charge is 0.191 e. The lowest BCUT2D eigenvalue weighted by Crippen LogP contribution is -2.45. The van der Waals surface area contributed by atoms with E-state index in [1.54, 1.807) is 21.3 Å². The van der Waals surface area contributed by atoms with E-state index in [2.05, 4.69) is 22.5 Å². The van der Waals surface area contributed by atoms with Gasteiger partial charge in [-0.1, -0.05) is 6.07 Å². The molecule has 6 nitrogen and oxygen atoms in total. The van der Waals surface area contributed by atoms with Gasteiger partial charge >= 0.3 is 0 Å². The van der Waals surface area contributed by atoms with E-state index in [1.165, 1.54) is 5.56 Å². The number of nitrogens with one attached hydrogen (secondary N) is 2. The molecular formula is C18H30IN3O3. The third-order valence-corrected chi connectivity index (χ3v) is 4.31. The predicted octanol–water partition coefficient (Wildman–Crippen LogP) is 2.60. The molecule has 1 aromatic rings. The zero-order valence-corrected chi connectivity index (χ0v) is 17.9. The number of guanidine groups is 1. The SMILES string of the molecule is CN=C(NCCc1ccc(OC)c(OC)c1)NCC1(C)CCCO1.I. The molecule has 1 atom stereocenters. The van der Waals surface area contributed by atoms with E-state index >= 15 is 0 Å². The largest absolute Gasteiger partial charge is 0.493 e. The fourth-order valence-electron chi connectivity index (χ4n) is 2.83. The van der Waals surface area contributed by atoms with Crippen molar-refractivity contribution in [2.45, 2.75) is 31.8 Å². The zero-order valence-electron chi connectivity index (χ0n) is 15.6. The first-order valence-electron chi connectivity index (χ1n) is 8.39. The molecule has 0 radical (unpaired) electrons. The van der Waals surface area contributed by atoms with Gasteiger partial charge in [-0.15, -0.1) is 24.0 Å². The number of hydrogen-bond donors (Lipinski definition) is 2. The number of aliphatic imine (C=N–C) groups is 1. The molecule has 0 amide bonds. The standard InChI is InChI=1S/C18H29N3O3.HI/c1-18(9-5-11-24-18)13-21-17(19-2)20-10-8-14-6-7-15(22-3)16(12-14)23-4;/h6-7,12H,5,8-11,13H2,1-4H3,(H2,19,20,21);1H. The van der Waals surface area contributed by atoms with E-state index in [4.69, 9.17) is 14.2 Å². The van der Waals surface area contributed by atoms with Crippen LogP contribution in [0.2, 0.25) is 0 Å². The molecule has 1 aliphatic heterocycles. The molecule has 2 rings (SSSR count). The van der Waals surface area contributed by atoms with E-state index in [0.29, 0.717) is 0 Å². The van der Waals surface area contributed by atoms with Crippen molar-refractivity contribution >= 4 is 29.9 Å². The fourth-order valence-corrected chi connectivity index (χ4v) is 2.83. The molecule has 1 aliphatic rings. The van der Waals surface area contributed by atoms with Crippen molar-refractivity contribution in [1.29, 1.82) is 0 Å². The number of methoxy groups -OCH3 is 2. The molecule has 1 saturated heterocycles. The monoisotopic (exact) mass is 463 g/mol. The minimum absolute atomic E-state index is 0. The second-order valence-corrected chi connectivity index (χ2v) is 6.19. The highest BCUT2D eigenvalue weighted by Crippen LogP contribution is 2.27. The molecule has 7 heteroatoms. The second kappa shape index (κ2) is 10.7. The summed E-state index contributed by atoms with van der Waals surface area (Å²) < 4.78 is 16.4. The van der Waals surface area contributed by atoms with E-state index < -0.39 is 0 Å². The topological polar surface area (TPSA) is 64.1 Å². The number of halogens is 1. The zero-order chi connectivity index (χ0) is 17.4. The van der Waals surface area contributed by atoms with Crippen molar-refractivity contribution in [2.24, 2.45) is 4.99 Å². The van der Waals surface area contributed by atoms with Crippen LogP contribution in [0, 0.1) is 0 Å². The Labute approximate surface area is 167 Å². The van der Waals surface area contributed by atoms with Crippen LogP contribution in [0.5, 0.6) is 11.5 Å². The van der Waals surface area contributed by atoms with Crippen molar-refractivity contribution < 1.29 is 14.2 Å². The molecule has 1 aromatic carbocycles. The normalized spacial score (nSPS) is 19.9. The van der Waals surface area contributed by atoms with Gasteiger partial charge in [0.05, 0.1) is 19.8 Å². The molecular weight excluding hydrogens is 433 g/mol. The van der Waals surface area contributed by atoms with Crippen molar-refractivity contribution in [2.75, 3.05) is 41.0 Å². The minimum Gasteiger partial charge on any atom is -0.493 e. The van der Waals surface area contributed by atoms with Crippen molar-refractivity contribution in [3.05, 3.63) is 23.8 Å². The summed E-state index contributed by atoms with van der Waals surface area (Å²) in [7, 11) is 5.07. The molecule has 0 aliphatic carbocycles. The van der Waals surface area contributed by atoms with Gasteiger partial charge in [-0.05, 0) is 43.9 Å². The third kappa shape index (κ3) is 6.54. The van der Waals surface area contributed by atoms with Gasteiger partial charge in [0, 0.05) is 26.7 Å². The molecule has 0 aromatic heterocycles. The number of benzene rings is 1. The van der Waals surface area contributed by atoms with Gasteiger partial charge < -0.3 is 24.8 Å². The van der Waals surface area contributed by atoms with Crippen LogP contribution in [0.25, 0.3) is 0 Å². The van der Waals surface area contributed by atoms with Gasteiger partial charge in [0.2, 0.25) is 0 Å². The Hall–Kier alpha value is -1.22. The Balaban J connectivity index is 0.00000312. The molecule has 1 heterocycles. The van der Waals surface area contributed by atoms with E-state index in [-0.39, 0.29) is 29.6 Å². The third-order valence-electron chi connectivity index (χ3n) is 4.31. The van der Waals surface area contributed by atoms with E-state index in [9.17, 15) is 0 Å². The fraction of sp³-hybridized carbons (Fsp3) is 0.611. The average molecular weight is 463 g/mol. The van der Waals surface area contributed by atoms with Gasteiger partial charge in [-0.3, -0.25) is 4.99 Å². The van der Waals surface area contributed by atoms with Gasteiger partial charge in [0.15, 0.2) is 17.5 Å². The Kier molecular flexibility index (Phi) is 9.34. The van der Waals surface area contributed by atoms with Crippen LogP contribution in [0.3, 0.4) is 0 Å². The Morgan fingerprint density at radius 3 is 2.60 bits per heavy atom. The number of nitrogens with zero attached hydrogens (tertiary/aromatic N) is 1. The summed E-state index contributed by atoms with van der Waals surface area (Å²) in [5.74, 6) is 2.30. The average Bonchev–Trinajstić information content (AvgIpc) is 3.04. The Morgan fingerprint density at radius 2 is 2.00 bits per heavy atom. The summed E-state index contributed by atoms with van der Waals surface area (Å²) in [5, 5.41) is 6.68. The van der Waals surface area contributed by atoms with Gasteiger partial charge in [-0.2, -0.15) is 0 Å². The first kappa shape index (κ1) is 21.8. The van der Waals surface area contributed by atoms with E-state index in [1.807, 2.05) is 18.2 Å². The van der Waals surface area contributed by atoms with Gasteiger partial charge in [0.1, 0.15) is 0 Å². The summed E-state index contributed by atoms with van der Waals surface area (Å²) in [6.45, 7) is 4.54. The van der Waals surface area contributed by atoms with E-state index in [0.717, 1.165) is 56.4 Å². The van der Waals surface area contributed by atoms with Gasteiger partial charge in [0.25, 0.3) is 0 Å². The predicted molar refractivity (Wildman–Crippen MR) is 112 cm³/mol. The highest BCUT2D eigenvalue weighted by atomic mass is 127. The van der Waals surface area contributed by atoms with Crippen LogP contribution in [0.4, 0.5) is 0 Å². The molecule has 0 spiro atoms. The quantitative estimate of drug-likeness (QED) is 0.370. The molecule has 1 unspecified atom stereocenters. The number of rotatable bonds is 7. The van der Waals surface area contributed by atoms with Crippen LogP contribution >= 0.6 is 24.0 Å². The molecule has 0 saturated carbocycles. The lowest BCUT2D eigenvalue weighted by molar-refractivity contribution is 0.0243. The maximum Gasteiger partial charge on any atom is 0.191 e. The Bertz CT molecular complexity index is 560. The summed E-state index contributed by atoms with van der Waals surface area (Å²) in [4.78, 5) is 4.27. The Morgan fingerprint density at radius 1 is 1.24 bits per heavy atom.